The van der Waals surface area contributed by atoms with E-state index in [4.69, 9.17) is 16.7 Å². The number of nitrogens with zero attached hydrogens (tertiary/aromatic N) is 4. The third-order valence-electron chi connectivity index (χ3n) is 6.63. The monoisotopic (exact) mass is 488 g/mol. The third-order valence-corrected chi connectivity index (χ3v) is 6.86. The number of aliphatic carboxylic acids is 1. The summed E-state index contributed by atoms with van der Waals surface area (Å²) in [6.07, 6.45) is 8.51. The number of aromatic nitrogens is 3. The second-order valence-corrected chi connectivity index (χ2v) is 9.25. The summed E-state index contributed by atoms with van der Waals surface area (Å²) in [6, 6.07) is 4.15. The molecule has 1 saturated heterocycles. The van der Waals surface area contributed by atoms with Gasteiger partial charge in [-0.15, -0.1) is 0 Å². The average Bonchev–Trinajstić information content (AvgIpc) is 3.32. The molecule has 1 aliphatic heterocycles. The smallest absolute Gasteiger partial charge is 0.317 e. The van der Waals surface area contributed by atoms with Gasteiger partial charge in [-0.2, -0.15) is 5.10 Å². The van der Waals surface area contributed by atoms with E-state index in [1.54, 1.807) is 34.1 Å². The van der Waals surface area contributed by atoms with Gasteiger partial charge >= 0.3 is 5.97 Å². The predicted molar refractivity (Wildman–Crippen MR) is 124 cm³/mol. The molecule has 1 aromatic heterocycles. The van der Waals surface area contributed by atoms with E-state index in [9.17, 15) is 14.4 Å². The average molecular weight is 489 g/mol. The van der Waals surface area contributed by atoms with Crippen molar-refractivity contribution >= 4 is 29.4 Å². The Labute approximate surface area is 202 Å². The summed E-state index contributed by atoms with van der Waals surface area (Å²) < 4.78 is 1.60. The van der Waals surface area contributed by atoms with Gasteiger partial charge in [0.2, 0.25) is 11.8 Å². The largest absolute Gasteiger partial charge is 0.480 e. The Morgan fingerprint density at radius 2 is 1.97 bits per heavy atom. The zero-order chi connectivity index (χ0) is 24.1. The SMILES string of the molecule is O=C(O)CNC(C(=O)N1CCC1C(=O)NCc1cc(Cl)ccc1-n1cncn1)C1CCCCC1. The van der Waals surface area contributed by atoms with Crippen molar-refractivity contribution in [2.24, 2.45) is 5.92 Å². The fourth-order valence-corrected chi connectivity index (χ4v) is 4.97. The molecule has 1 aliphatic carbocycles. The number of hydrogen-bond acceptors (Lipinski definition) is 6. The van der Waals surface area contributed by atoms with Gasteiger partial charge in [-0.1, -0.05) is 30.9 Å². The molecule has 34 heavy (non-hydrogen) atoms. The van der Waals surface area contributed by atoms with Crippen molar-refractivity contribution < 1.29 is 19.5 Å². The van der Waals surface area contributed by atoms with Crippen LogP contribution >= 0.6 is 11.6 Å². The number of amides is 2. The highest BCUT2D eigenvalue weighted by Crippen LogP contribution is 2.29. The minimum atomic E-state index is -1.00. The highest BCUT2D eigenvalue weighted by atomic mass is 35.5. The standard InChI is InChI=1S/C23H29ClN6O4/c24-17-6-7-18(30-14-25-13-28-30)16(10-17)11-27-22(33)19-8-9-29(19)23(34)21(26-12-20(31)32)15-4-2-1-3-5-15/h6-7,10,13-15,19,21,26H,1-5,8-9,11-12H2,(H,27,33)(H,31,32). The Kier molecular flexibility index (Phi) is 7.79. The summed E-state index contributed by atoms with van der Waals surface area (Å²) in [7, 11) is 0. The molecule has 10 nitrogen and oxygen atoms in total. The van der Waals surface area contributed by atoms with Gasteiger partial charge in [-0.25, -0.2) is 9.67 Å². The maximum Gasteiger partial charge on any atom is 0.317 e. The first kappa shape index (κ1) is 24.2. The highest BCUT2D eigenvalue weighted by Gasteiger charge is 2.42. The van der Waals surface area contributed by atoms with Gasteiger partial charge in [-0.3, -0.25) is 19.7 Å². The van der Waals surface area contributed by atoms with Crippen molar-refractivity contribution in [3.8, 4) is 5.69 Å². The molecule has 2 aliphatic rings. The lowest BCUT2D eigenvalue weighted by molar-refractivity contribution is -0.150. The summed E-state index contributed by atoms with van der Waals surface area (Å²) >= 11 is 6.16. The molecule has 2 atom stereocenters. The van der Waals surface area contributed by atoms with Gasteiger partial charge in [0.25, 0.3) is 0 Å². The summed E-state index contributed by atoms with van der Waals surface area (Å²) in [5.74, 6) is -1.35. The Morgan fingerprint density at radius 1 is 1.18 bits per heavy atom. The van der Waals surface area contributed by atoms with E-state index in [1.807, 2.05) is 0 Å². The first-order chi connectivity index (χ1) is 16.4. The summed E-state index contributed by atoms with van der Waals surface area (Å²) in [4.78, 5) is 43.0. The minimum Gasteiger partial charge on any atom is -0.480 e. The van der Waals surface area contributed by atoms with Crippen LogP contribution in [0.4, 0.5) is 0 Å². The highest BCUT2D eigenvalue weighted by molar-refractivity contribution is 6.30. The van der Waals surface area contributed by atoms with Crippen molar-refractivity contribution in [2.75, 3.05) is 13.1 Å². The molecular formula is C23H29ClN6O4. The van der Waals surface area contributed by atoms with Crippen LogP contribution in [0.5, 0.6) is 0 Å². The molecule has 2 heterocycles. The maximum atomic E-state index is 13.3. The molecule has 0 radical (unpaired) electrons. The van der Waals surface area contributed by atoms with Gasteiger partial charge in [-0.05, 0) is 48.9 Å². The molecule has 182 valence electrons. The van der Waals surface area contributed by atoms with Crippen LogP contribution in [0, 0.1) is 5.92 Å². The van der Waals surface area contributed by atoms with Crippen molar-refractivity contribution in [1.82, 2.24) is 30.3 Å². The molecule has 4 rings (SSSR count). The molecule has 2 fully saturated rings. The van der Waals surface area contributed by atoms with Gasteiger partial charge in [0.1, 0.15) is 18.7 Å². The second kappa shape index (κ2) is 11.0. The minimum absolute atomic E-state index is 0.0848. The van der Waals surface area contributed by atoms with E-state index >= 15 is 0 Å². The molecule has 2 amide bonds. The van der Waals surface area contributed by atoms with Crippen molar-refractivity contribution in [1.29, 1.82) is 0 Å². The van der Waals surface area contributed by atoms with Gasteiger partial charge < -0.3 is 15.3 Å². The number of nitrogens with one attached hydrogen (secondary N) is 2. The first-order valence-corrected chi connectivity index (χ1v) is 12.0. The lowest BCUT2D eigenvalue weighted by Gasteiger charge is -2.43. The van der Waals surface area contributed by atoms with Crippen molar-refractivity contribution in [3.63, 3.8) is 0 Å². The zero-order valence-corrected chi connectivity index (χ0v) is 19.6. The maximum absolute atomic E-state index is 13.3. The number of halogens is 1. The van der Waals surface area contributed by atoms with Crippen LogP contribution in [-0.2, 0) is 20.9 Å². The lowest BCUT2D eigenvalue weighted by atomic mass is 9.82. The summed E-state index contributed by atoms with van der Waals surface area (Å²) in [5, 5.41) is 19.6. The van der Waals surface area contributed by atoms with Crippen LogP contribution < -0.4 is 10.6 Å². The molecule has 1 saturated carbocycles. The summed E-state index contributed by atoms with van der Waals surface area (Å²) in [5.41, 5.74) is 1.52. The van der Waals surface area contributed by atoms with E-state index in [0.717, 1.165) is 43.4 Å². The van der Waals surface area contributed by atoms with Crippen molar-refractivity contribution in [3.05, 3.63) is 41.4 Å². The molecule has 11 heteroatoms. The number of benzene rings is 1. The number of carbonyl (C=O) groups excluding carboxylic acids is 2. The van der Waals surface area contributed by atoms with E-state index in [1.165, 1.54) is 6.33 Å². The van der Waals surface area contributed by atoms with Crippen LogP contribution in [0.3, 0.4) is 0 Å². The van der Waals surface area contributed by atoms with E-state index in [-0.39, 0.29) is 30.8 Å². The Balaban J connectivity index is 1.41. The van der Waals surface area contributed by atoms with E-state index in [0.29, 0.717) is 18.0 Å². The lowest BCUT2D eigenvalue weighted by Crippen LogP contribution is -2.63. The Hall–Kier alpha value is -2.98. The fraction of sp³-hybridized carbons (Fsp3) is 0.522. The fourth-order valence-electron chi connectivity index (χ4n) is 4.77. The first-order valence-electron chi connectivity index (χ1n) is 11.6. The van der Waals surface area contributed by atoms with Crippen LogP contribution in [0.25, 0.3) is 5.69 Å². The number of hydrogen-bond donors (Lipinski definition) is 3. The quantitative estimate of drug-likeness (QED) is 0.490. The van der Waals surface area contributed by atoms with E-state index in [2.05, 4.69) is 20.7 Å². The summed E-state index contributed by atoms with van der Waals surface area (Å²) in [6.45, 7) is 0.421. The van der Waals surface area contributed by atoms with Crippen LogP contribution in [0.1, 0.15) is 44.1 Å². The second-order valence-electron chi connectivity index (χ2n) is 8.82. The molecule has 1 aromatic carbocycles. The van der Waals surface area contributed by atoms with Gasteiger partial charge in [0.15, 0.2) is 0 Å². The number of carboxylic acids is 1. The molecule has 0 bridgehead atoms. The van der Waals surface area contributed by atoms with Crippen LogP contribution in [0.15, 0.2) is 30.9 Å². The number of carboxylic acid groups (broad SMARTS) is 1. The molecular weight excluding hydrogens is 460 g/mol. The molecule has 2 unspecified atom stereocenters. The van der Waals surface area contributed by atoms with Crippen LogP contribution in [-0.4, -0.2) is 67.7 Å². The Morgan fingerprint density at radius 3 is 2.62 bits per heavy atom. The number of carbonyl (C=O) groups is 3. The third kappa shape index (κ3) is 5.56. The van der Waals surface area contributed by atoms with Gasteiger partial charge in [0, 0.05) is 18.1 Å². The number of rotatable bonds is 9. The zero-order valence-electron chi connectivity index (χ0n) is 18.8. The van der Waals surface area contributed by atoms with Crippen molar-refractivity contribution in [2.45, 2.75) is 57.2 Å². The molecule has 0 spiro atoms. The molecule has 3 N–H and O–H groups in total. The predicted octanol–water partition coefficient (Wildman–Crippen LogP) is 1.76. The topological polar surface area (TPSA) is 129 Å². The van der Waals surface area contributed by atoms with E-state index < -0.39 is 18.1 Å². The normalized spacial score (nSPS) is 19.3. The van der Waals surface area contributed by atoms with Gasteiger partial charge in [0.05, 0.1) is 18.3 Å². The molecule has 2 aromatic rings. The Bertz CT molecular complexity index is 1020. The number of likely N-dealkylation sites (tertiary alicyclic amines) is 1. The van der Waals surface area contributed by atoms with Crippen LogP contribution in [0.2, 0.25) is 5.02 Å².